The lowest BCUT2D eigenvalue weighted by Crippen LogP contribution is -1.98. The van der Waals surface area contributed by atoms with Gasteiger partial charge in [0.2, 0.25) is 0 Å². The van der Waals surface area contributed by atoms with Crippen LogP contribution in [-0.2, 0) is 4.79 Å². The average molecular weight is 231 g/mol. The molecule has 0 bridgehead atoms. The Bertz CT molecular complexity index is 151. The van der Waals surface area contributed by atoms with Gasteiger partial charge in [0.25, 0.3) is 0 Å². The molecule has 0 aromatic carbocycles. The van der Waals surface area contributed by atoms with Crippen LogP contribution in [0, 0.1) is 0 Å². The minimum absolute atomic E-state index is 0.279. The standard InChI is InChI=1S/C12H25NOS/c13-10-8-6-4-2-1-3-5-7-9-12(14)11-15/h15H,1-11,13H2. The lowest BCUT2D eigenvalue weighted by molar-refractivity contribution is -0.116. The van der Waals surface area contributed by atoms with E-state index in [4.69, 9.17) is 5.73 Å². The molecule has 0 fully saturated rings. The van der Waals surface area contributed by atoms with E-state index in [1.54, 1.807) is 0 Å². The van der Waals surface area contributed by atoms with Crippen LogP contribution in [0.1, 0.15) is 57.8 Å². The summed E-state index contributed by atoms with van der Waals surface area (Å²) in [6, 6.07) is 0. The Labute approximate surface area is 99.4 Å². The van der Waals surface area contributed by atoms with Crippen molar-refractivity contribution in [2.45, 2.75) is 57.8 Å². The van der Waals surface area contributed by atoms with Crippen molar-refractivity contribution in [2.24, 2.45) is 5.73 Å². The number of carbonyl (C=O) groups is 1. The number of rotatable bonds is 11. The van der Waals surface area contributed by atoms with Crippen LogP contribution in [-0.4, -0.2) is 18.1 Å². The highest BCUT2D eigenvalue weighted by atomic mass is 32.1. The first-order valence-electron chi connectivity index (χ1n) is 6.14. The van der Waals surface area contributed by atoms with Crippen molar-refractivity contribution in [2.75, 3.05) is 12.3 Å². The summed E-state index contributed by atoms with van der Waals surface area (Å²) in [5.41, 5.74) is 5.41. The smallest absolute Gasteiger partial charge is 0.142 e. The van der Waals surface area contributed by atoms with E-state index in [0.717, 1.165) is 25.8 Å². The summed E-state index contributed by atoms with van der Waals surface area (Å²) < 4.78 is 0. The third-order valence-corrected chi connectivity index (χ3v) is 2.94. The maximum absolute atomic E-state index is 10.9. The fraction of sp³-hybridized carbons (Fsp3) is 0.917. The SMILES string of the molecule is NCCCCCCCCCCC(=O)CS. The molecule has 0 aliphatic carbocycles. The second-order valence-corrected chi connectivity index (χ2v) is 4.38. The summed E-state index contributed by atoms with van der Waals surface area (Å²) in [6.45, 7) is 0.825. The van der Waals surface area contributed by atoms with Gasteiger partial charge in [-0.25, -0.2) is 0 Å². The van der Waals surface area contributed by atoms with E-state index < -0.39 is 0 Å². The number of ketones is 1. The molecule has 3 heteroatoms. The number of thiol groups is 1. The van der Waals surface area contributed by atoms with Crippen LogP contribution in [0.15, 0.2) is 0 Å². The summed E-state index contributed by atoms with van der Waals surface area (Å²) in [7, 11) is 0. The van der Waals surface area contributed by atoms with E-state index in [9.17, 15) is 4.79 Å². The van der Waals surface area contributed by atoms with Gasteiger partial charge < -0.3 is 5.73 Å². The topological polar surface area (TPSA) is 43.1 Å². The first-order valence-corrected chi connectivity index (χ1v) is 6.77. The Hall–Kier alpha value is -0.0200. The van der Waals surface area contributed by atoms with Crippen molar-refractivity contribution in [1.82, 2.24) is 0 Å². The molecule has 15 heavy (non-hydrogen) atoms. The van der Waals surface area contributed by atoms with Gasteiger partial charge in [-0.05, 0) is 19.4 Å². The lowest BCUT2D eigenvalue weighted by Gasteiger charge is -2.01. The Kier molecular flexibility index (Phi) is 12.0. The molecule has 0 aromatic rings. The number of Topliss-reactive ketones (excluding diaryl/α,β-unsaturated/α-hetero) is 1. The number of hydrogen-bond donors (Lipinski definition) is 2. The normalized spacial score (nSPS) is 10.5. The molecular weight excluding hydrogens is 206 g/mol. The summed E-state index contributed by atoms with van der Waals surface area (Å²) in [5, 5.41) is 0. The molecule has 0 aliphatic heterocycles. The summed E-state index contributed by atoms with van der Waals surface area (Å²) in [6.07, 6.45) is 10.6. The largest absolute Gasteiger partial charge is 0.330 e. The van der Waals surface area contributed by atoms with Gasteiger partial charge in [0.15, 0.2) is 0 Å². The quantitative estimate of drug-likeness (QED) is 0.424. The highest BCUT2D eigenvalue weighted by molar-refractivity contribution is 7.81. The zero-order valence-corrected chi connectivity index (χ0v) is 10.6. The fourth-order valence-corrected chi connectivity index (χ4v) is 1.76. The summed E-state index contributed by atoms with van der Waals surface area (Å²) in [4.78, 5) is 10.9. The fourth-order valence-electron chi connectivity index (χ4n) is 1.61. The van der Waals surface area contributed by atoms with Crippen molar-refractivity contribution in [1.29, 1.82) is 0 Å². The summed E-state index contributed by atoms with van der Waals surface area (Å²) in [5.74, 6) is 0.681. The van der Waals surface area contributed by atoms with Crippen LogP contribution >= 0.6 is 12.6 Å². The third-order valence-electron chi connectivity index (χ3n) is 2.59. The number of unbranched alkanes of at least 4 members (excludes halogenated alkanes) is 7. The van der Waals surface area contributed by atoms with Gasteiger partial charge in [-0.3, -0.25) is 4.79 Å². The van der Waals surface area contributed by atoms with Gasteiger partial charge >= 0.3 is 0 Å². The molecule has 0 rings (SSSR count). The Morgan fingerprint density at radius 1 is 0.867 bits per heavy atom. The molecule has 0 amide bonds. The predicted molar refractivity (Wildman–Crippen MR) is 69.5 cm³/mol. The van der Waals surface area contributed by atoms with Crippen LogP contribution < -0.4 is 5.73 Å². The zero-order chi connectivity index (χ0) is 11.4. The van der Waals surface area contributed by atoms with Crippen LogP contribution in [0.3, 0.4) is 0 Å². The van der Waals surface area contributed by atoms with Crippen molar-refractivity contribution in [3.8, 4) is 0 Å². The van der Waals surface area contributed by atoms with Gasteiger partial charge in [-0.15, -0.1) is 0 Å². The maximum Gasteiger partial charge on any atom is 0.142 e. The third kappa shape index (κ3) is 11.9. The van der Waals surface area contributed by atoms with Crippen LogP contribution in [0.2, 0.25) is 0 Å². The maximum atomic E-state index is 10.9. The van der Waals surface area contributed by atoms with Crippen LogP contribution in [0.25, 0.3) is 0 Å². The van der Waals surface area contributed by atoms with Crippen molar-refractivity contribution < 1.29 is 4.79 Å². The predicted octanol–water partition coefficient (Wildman–Crippen LogP) is 2.95. The van der Waals surface area contributed by atoms with Crippen molar-refractivity contribution in [3.05, 3.63) is 0 Å². The van der Waals surface area contributed by atoms with Gasteiger partial charge in [-0.2, -0.15) is 12.6 Å². The Morgan fingerprint density at radius 2 is 1.33 bits per heavy atom. The molecular formula is C12H25NOS. The van der Waals surface area contributed by atoms with E-state index in [1.165, 1.54) is 38.5 Å². The Balaban J connectivity index is 2.95. The minimum atomic E-state index is 0.279. The Morgan fingerprint density at radius 3 is 1.80 bits per heavy atom. The van der Waals surface area contributed by atoms with E-state index in [1.807, 2.05) is 0 Å². The van der Waals surface area contributed by atoms with Crippen LogP contribution in [0.4, 0.5) is 0 Å². The molecule has 2 N–H and O–H groups in total. The minimum Gasteiger partial charge on any atom is -0.330 e. The number of nitrogens with two attached hydrogens (primary N) is 1. The van der Waals surface area contributed by atoms with E-state index in [-0.39, 0.29) is 5.78 Å². The number of carbonyl (C=O) groups excluding carboxylic acids is 1. The molecule has 0 aliphatic rings. The van der Waals surface area contributed by atoms with E-state index in [0.29, 0.717) is 5.75 Å². The molecule has 90 valence electrons. The molecule has 2 nitrogen and oxygen atoms in total. The van der Waals surface area contributed by atoms with E-state index in [2.05, 4.69) is 12.6 Å². The molecule has 0 aromatic heterocycles. The number of hydrogen-bond acceptors (Lipinski definition) is 3. The molecule has 0 unspecified atom stereocenters. The highest BCUT2D eigenvalue weighted by Crippen LogP contribution is 2.09. The molecule has 0 radical (unpaired) electrons. The molecule has 0 saturated heterocycles. The zero-order valence-electron chi connectivity index (χ0n) is 9.71. The van der Waals surface area contributed by atoms with Gasteiger partial charge in [0, 0.05) is 12.2 Å². The van der Waals surface area contributed by atoms with Gasteiger partial charge in [0.05, 0.1) is 0 Å². The average Bonchev–Trinajstić information content (AvgIpc) is 2.26. The first-order chi connectivity index (χ1) is 7.31. The lowest BCUT2D eigenvalue weighted by atomic mass is 10.1. The van der Waals surface area contributed by atoms with E-state index >= 15 is 0 Å². The highest BCUT2D eigenvalue weighted by Gasteiger charge is 1.97. The summed E-state index contributed by atoms with van der Waals surface area (Å²) >= 11 is 3.95. The van der Waals surface area contributed by atoms with Crippen molar-refractivity contribution >= 4 is 18.4 Å². The molecule has 0 atom stereocenters. The first kappa shape index (κ1) is 15.0. The second-order valence-electron chi connectivity index (χ2n) is 4.06. The van der Waals surface area contributed by atoms with Gasteiger partial charge in [0.1, 0.15) is 5.78 Å². The monoisotopic (exact) mass is 231 g/mol. The molecule has 0 heterocycles. The van der Waals surface area contributed by atoms with Crippen molar-refractivity contribution in [3.63, 3.8) is 0 Å². The second kappa shape index (κ2) is 12.1. The van der Waals surface area contributed by atoms with Crippen LogP contribution in [0.5, 0.6) is 0 Å². The van der Waals surface area contributed by atoms with Gasteiger partial charge in [-0.1, -0.05) is 38.5 Å². The molecule has 0 spiro atoms. The molecule has 0 saturated carbocycles.